The molecule has 94 valence electrons. The molecule has 0 bridgehead atoms. The number of aromatic nitrogens is 2. The van der Waals surface area contributed by atoms with E-state index in [-0.39, 0.29) is 17.0 Å². The van der Waals surface area contributed by atoms with E-state index in [1.165, 1.54) is 24.3 Å². The fraction of sp³-hybridized carbons (Fsp3) is 0.100. The number of nitrogens with zero attached hydrogens (tertiary/aromatic N) is 2. The molecule has 18 heavy (non-hydrogen) atoms. The summed E-state index contributed by atoms with van der Waals surface area (Å²) in [7, 11) is 0. The molecule has 0 aliphatic heterocycles. The summed E-state index contributed by atoms with van der Waals surface area (Å²) in [6, 6.07) is 5.04. The number of benzene rings is 1. The minimum Gasteiger partial charge on any atom is -0.478 e. The van der Waals surface area contributed by atoms with Crippen LogP contribution in [0.25, 0.3) is 11.5 Å². The lowest BCUT2D eigenvalue weighted by atomic mass is 10.1. The number of carboxylic acids is 1. The highest BCUT2D eigenvalue weighted by Gasteiger charge is 2.37. The van der Waals surface area contributed by atoms with Crippen molar-refractivity contribution >= 4 is 5.97 Å². The molecule has 1 heterocycles. The van der Waals surface area contributed by atoms with Gasteiger partial charge >= 0.3 is 12.1 Å². The molecule has 5 nitrogen and oxygen atoms in total. The molecule has 0 spiro atoms. The zero-order valence-corrected chi connectivity index (χ0v) is 8.60. The quantitative estimate of drug-likeness (QED) is 0.895. The lowest BCUT2D eigenvalue weighted by Crippen LogP contribution is -2.07. The summed E-state index contributed by atoms with van der Waals surface area (Å²) in [5.74, 6) is -2.83. The minimum absolute atomic E-state index is 0.00862. The predicted octanol–water partition coefficient (Wildman–Crippen LogP) is 2.45. The largest absolute Gasteiger partial charge is 0.478 e. The second kappa shape index (κ2) is 4.13. The van der Waals surface area contributed by atoms with Crippen LogP contribution in [0, 0.1) is 0 Å². The van der Waals surface area contributed by atoms with Crippen LogP contribution in [0.15, 0.2) is 28.8 Å². The van der Waals surface area contributed by atoms with Crippen LogP contribution in [-0.2, 0) is 6.18 Å². The summed E-state index contributed by atoms with van der Waals surface area (Å²) >= 11 is 0. The van der Waals surface area contributed by atoms with E-state index in [9.17, 15) is 18.0 Å². The number of hydrogen-bond acceptors (Lipinski definition) is 4. The van der Waals surface area contributed by atoms with Gasteiger partial charge in [0.1, 0.15) is 0 Å². The average molecular weight is 258 g/mol. The first-order valence-corrected chi connectivity index (χ1v) is 4.62. The van der Waals surface area contributed by atoms with Gasteiger partial charge in [0.25, 0.3) is 11.7 Å². The summed E-state index contributed by atoms with van der Waals surface area (Å²) in [5.41, 5.74) is 0.220. The predicted molar refractivity (Wildman–Crippen MR) is 51.7 cm³/mol. The Balaban J connectivity index is 2.32. The Morgan fingerprint density at radius 3 is 2.28 bits per heavy atom. The Bertz CT molecular complexity index is 575. The Labute approximate surface area is 97.9 Å². The van der Waals surface area contributed by atoms with Crippen molar-refractivity contribution < 1.29 is 27.6 Å². The molecule has 0 aliphatic rings. The van der Waals surface area contributed by atoms with Gasteiger partial charge in [0.2, 0.25) is 0 Å². The number of carboxylic acid groups (broad SMARTS) is 1. The summed E-state index contributed by atoms with van der Waals surface area (Å²) in [6.07, 6.45) is -4.68. The third-order valence-electron chi connectivity index (χ3n) is 2.06. The van der Waals surface area contributed by atoms with Crippen molar-refractivity contribution in [2.24, 2.45) is 0 Å². The second-order valence-corrected chi connectivity index (χ2v) is 3.30. The number of halogens is 3. The van der Waals surface area contributed by atoms with Gasteiger partial charge in [-0.25, -0.2) is 4.79 Å². The van der Waals surface area contributed by atoms with Gasteiger partial charge in [-0.1, -0.05) is 5.16 Å². The number of aromatic carboxylic acids is 1. The fourth-order valence-electron chi connectivity index (χ4n) is 1.21. The summed E-state index contributed by atoms with van der Waals surface area (Å²) in [4.78, 5) is 13.8. The number of carbonyl (C=O) groups is 1. The monoisotopic (exact) mass is 258 g/mol. The second-order valence-electron chi connectivity index (χ2n) is 3.30. The molecule has 8 heteroatoms. The van der Waals surface area contributed by atoms with Gasteiger partial charge in [0.15, 0.2) is 0 Å². The SMILES string of the molecule is O=C(O)c1ccc(-c2nc(C(F)(F)F)no2)cc1. The van der Waals surface area contributed by atoms with Crippen LogP contribution < -0.4 is 0 Å². The molecule has 0 amide bonds. The lowest BCUT2D eigenvalue weighted by molar-refractivity contribution is -0.146. The number of hydrogen-bond donors (Lipinski definition) is 1. The van der Waals surface area contributed by atoms with Crippen molar-refractivity contribution in [1.82, 2.24) is 10.1 Å². The van der Waals surface area contributed by atoms with E-state index >= 15 is 0 Å². The van der Waals surface area contributed by atoms with E-state index in [0.717, 1.165) is 0 Å². The molecule has 2 rings (SSSR count). The van der Waals surface area contributed by atoms with Gasteiger partial charge in [0.05, 0.1) is 5.56 Å². The third-order valence-corrected chi connectivity index (χ3v) is 2.06. The van der Waals surface area contributed by atoms with Gasteiger partial charge in [-0.3, -0.25) is 0 Å². The van der Waals surface area contributed by atoms with E-state index < -0.39 is 18.0 Å². The topological polar surface area (TPSA) is 76.2 Å². The average Bonchev–Trinajstić information content (AvgIpc) is 2.78. The Morgan fingerprint density at radius 2 is 1.83 bits per heavy atom. The van der Waals surface area contributed by atoms with Gasteiger partial charge in [-0.2, -0.15) is 18.2 Å². The van der Waals surface area contributed by atoms with Crippen molar-refractivity contribution in [2.75, 3.05) is 0 Å². The molecule has 0 radical (unpaired) electrons. The molecule has 0 saturated carbocycles. The van der Waals surface area contributed by atoms with Crippen LogP contribution in [0.2, 0.25) is 0 Å². The molecule has 1 aromatic carbocycles. The van der Waals surface area contributed by atoms with E-state index in [0.29, 0.717) is 0 Å². The normalized spacial score (nSPS) is 11.5. The van der Waals surface area contributed by atoms with Gasteiger partial charge in [-0.15, -0.1) is 0 Å². The van der Waals surface area contributed by atoms with Gasteiger partial charge in [-0.05, 0) is 24.3 Å². The van der Waals surface area contributed by atoms with Crippen LogP contribution >= 0.6 is 0 Å². The lowest BCUT2D eigenvalue weighted by Gasteiger charge is -1.97. The molecule has 0 unspecified atom stereocenters. The van der Waals surface area contributed by atoms with Crippen LogP contribution in [0.5, 0.6) is 0 Å². The minimum atomic E-state index is -4.68. The van der Waals surface area contributed by atoms with Crippen molar-refractivity contribution in [3.8, 4) is 11.5 Å². The standard InChI is InChI=1S/C10H5F3N2O3/c11-10(12,13)9-14-7(18-15-9)5-1-3-6(4-2-5)8(16)17/h1-4H,(H,16,17). The van der Waals surface area contributed by atoms with Crippen molar-refractivity contribution in [1.29, 1.82) is 0 Å². The summed E-state index contributed by atoms with van der Waals surface area (Å²) < 4.78 is 41.1. The van der Waals surface area contributed by atoms with Crippen molar-refractivity contribution in [3.63, 3.8) is 0 Å². The maximum absolute atomic E-state index is 12.2. The third kappa shape index (κ3) is 2.31. The van der Waals surface area contributed by atoms with E-state index in [1.807, 2.05) is 0 Å². The molecular weight excluding hydrogens is 253 g/mol. The Kier molecular flexibility index (Phi) is 2.77. The Hall–Kier alpha value is -2.38. The molecule has 0 saturated heterocycles. The first-order valence-electron chi connectivity index (χ1n) is 4.62. The molecule has 0 fully saturated rings. The maximum atomic E-state index is 12.2. The number of rotatable bonds is 2. The highest BCUT2D eigenvalue weighted by molar-refractivity contribution is 5.88. The molecule has 0 aliphatic carbocycles. The zero-order chi connectivity index (χ0) is 13.3. The highest BCUT2D eigenvalue weighted by Crippen LogP contribution is 2.28. The summed E-state index contributed by atoms with van der Waals surface area (Å²) in [6.45, 7) is 0. The number of alkyl halides is 3. The fourth-order valence-corrected chi connectivity index (χ4v) is 1.21. The van der Waals surface area contributed by atoms with Gasteiger partial charge in [0, 0.05) is 5.56 Å². The van der Waals surface area contributed by atoms with Crippen LogP contribution in [0.4, 0.5) is 13.2 Å². The zero-order valence-electron chi connectivity index (χ0n) is 8.60. The van der Waals surface area contributed by atoms with Crippen molar-refractivity contribution in [3.05, 3.63) is 35.7 Å². The van der Waals surface area contributed by atoms with Crippen molar-refractivity contribution in [2.45, 2.75) is 6.18 Å². The molecule has 2 aromatic rings. The molecule has 1 aromatic heterocycles. The van der Waals surface area contributed by atoms with Crippen LogP contribution in [0.1, 0.15) is 16.2 Å². The van der Waals surface area contributed by atoms with E-state index in [1.54, 1.807) is 0 Å². The first-order chi connectivity index (χ1) is 8.38. The van der Waals surface area contributed by atoms with Gasteiger partial charge < -0.3 is 9.63 Å². The summed E-state index contributed by atoms with van der Waals surface area (Å²) in [5, 5.41) is 11.5. The van der Waals surface area contributed by atoms with E-state index in [2.05, 4.69) is 14.7 Å². The molecular formula is C10H5F3N2O3. The Morgan fingerprint density at radius 1 is 1.22 bits per heavy atom. The van der Waals surface area contributed by atoms with E-state index in [4.69, 9.17) is 5.11 Å². The first kappa shape index (κ1) is 12.1. The highest BCUT2D eigenvalue weighted by atomic mass is 19.4. The maximum Gasteiger partial charge on any atom is 0.455 e. The van der Waals surface area contributed by atoms with Crippen LogP contribution in [0.3, 0.4) is 0 Å². The molecule has 1 N–H and O–H groups in total. The van der Waals surface area contributed by atoms with Crippen LogP contribution in [-0.4, -0.2) is 21.2 Å². The molecule has 0 atom stereocenters. The smallest absolute Gasteiger partial charge is 0.455 e.